The van der Waals surface area contributed by atoms with Gasteiger partial charge in [-0.1, -0.05) is 35.4 Å². The van der Waals surface area contributed by atoms with Crippen LogP contribution < -0.4 is 5.32 Å². The van der Waals surface area contributed by atoms with Crippen LogP contribution in [-0.4, -0.2) is 62.5 Å². The van der Waals surface area contributed by atoms with Gasteiger partial charge in [0.25, 0.3) is 20.2 Å². The molecule has 0 bridgehead atoms. The molecule has 2 aromatic carbocycles. The Bertz CT molecular complexity index is 1040. The van der Waals surface area contributed by atoms with Gasteiger partial charge in [-0.15, -0.1) is 0 Å². The van der Waals surface area contributed by atoms with Gasteiger partial charge in [-0.3, -0.25) is 9.11 Å². The Hall–Kier alpha value is -1.86. The summed E-state index contributed by atoms with van der Waals surface area (Å²) in [6.45, 7) is 6.13. The van der Waals surface area contributed by atoms with Crippen molar-refractivity contribution in [2.24, 2.45) is 17.3 Å². The van der Waals surface area contributed by atoms with E-state index in [1.165, 1.54) is 24.3 Å². The second-order valence-corrected chi connectivity index (χ2v) is 11.8. The van der Waals surface area contributed by atoms with Crippen LogP contribution in [0.5, 0.6) is 0 Å². The Morgan fingerprint density at radius 2 is 1.06 bits per heavy atom. The highest BCUT2D eigenvalue weighted by Gasteiger charge is 2.46. The number of nitrogens with one attached hydrogen (secondary N) is 1. The first-order valence-electron chi connectivity index (χ1n) is 10.8. The fourth-order valence-electron chi connectivity index (χ4n) is 4.19. The second kappa shape index (κ2) is 11.7. The van der Waals surface area contributed by atoms with Crippen LogP contribution in [0.2, 0.25) is 0 Å². The Kier molecular flexibility index (Phi) is 9.78. The van der Waals surface area contributed by atoms with Gasteiger partial charge in [-0.25, -0.2) is 0 Å². The number of hydrogen-bond acceptors (Lipinski definition) is 7. The average molecular weight is 516 g/mol. The first-order chi connectivity index (χ1) is 15.8. The van der Waals surface area contributed by atoms with E-state index in [0.717, 1.165) is 37.1 Å². The van der Waals surface area contributed by atoms with Crippen molar-refractivity contribution in [3.05, 3.63) is 59.7 Å². The lowest BCUT2D eigenvalue weighted by atomic mass is 9.86. The molecule has 1 saturated heterocycles. The molecule has 2 aromatic rings. The number of hydrogen-bond donors (Lipinski definition) is 5. The zero-order valence-corrected chi connectivity index (χ0v) is 20.9. The first-order valence-corrected chi connectivity index (χ1v) is 13.7. The minimum atomic E-state index is -4.02. The van der Waals surface area contributed by atoms with Gasteiger partial charge in [0.15, 0.2) is 0 Å². The lowest BCUT2D eigenvalue weighted by Crippen LogP contribution is -2.29. The zero-order chi connectivity index (χ0) is 25.6. The molecule has 2 fully saturated rings. The van der Waals surface area contributed by atoms with Crippen LogP contribution in [0, 0.1) is 31.1 Å². The summed E-state index contributed by atoms with van der Waals surface area (Å²) in [4.78, 5) is -0.133. The van der Waals surface area contributed by atoms with Crippen molar-refractivity contribution in [2.75, 3.05) is 26.3 Å². The highest BCUT2D eigenvalue weighted by Crippen LogP contribution is 2.46. The molecule has 9 nitrogen and oxygen atoms in total. The molecule has 5 N–H and O–H groups in total. The van der Waals surface area contributed by atoms with Gasteiger partial charge in [0.1, 0.15) is 0 Å². The molecule has 190 valence electrons. The Balaban J connectivity index is 0.000000181. The van der Waals surface area contributed by atoms with Crippen molar-refractivity contribution in [3.8, 4) is 0 Å². The minimum absolute atomic E-state index is 0.0666. The van der Waals surface area contributed by atoms with E-state index < -0.39 is 20.2 Å². The normalized spacial score (nSPS) is 21.0. The SMILES string of the molecule is Cc1ccc(S(=O)(=O)O)cc1.Cc1ccc(S(=O)(=O)O)cc1.OCC1(CO)CC2CNCC2C1. The fraction of sp³-hybridized carbons (Fsp3) is 0.478. The molecule has 0 amide bonds. The van der Waals surface area contributed by atoms with E-state index in [4.69, 9.17) is 9.11 Å². The third-order valence-electron chi connectivity index (χ3n) is 6.18. The standard InChI is InChI=1S/C9H17NO2.2C7H8O3S/c11-5-9(6-12)1-7-3-10-4-8(7)2-9;2*1-6-2-4-7(5-3-6)11(8,9)10/h7-8,10-12H,1-6H2;2*2-5H,1H3,(H,8,9,10). The molecule has 0 radical (unpaired) electrons. The summed E-state index contributed by atoms with van der Waals surface area (Å²) in [5.41, 5.74) is 1.76. The third kappa shape index (κ3) is 8.12. The minimum Gasteiger partial charge on any atom is -0.396 e. The summed E-state index contributed by atoms with van der Waals surface area (Å²) in [6, 6.07) is 12.0. The zero-order valence-electron chi connectivity index (χ0n) is 19.3. The second-order valence-electron chi connectivity index (χ2n) is 8.98. The van der Waals surface area contributed by atoms with Crippen LogP contribution in [0.3, 0.4) is 0 Å². The van der Waals surface area contributed by atoms with Crippen molar-refractivity contribution < 1.29 is 36.2 Å². The summed E-state index contributed by atoms with van der Waals surface area (Å²) >= 11 is 0. The quantitative estimate of drug-likeness (QED) is 0.384. The highest BCUT2D eigenvalue weighted by atomic mass is 32.2. The van der Waals surface area contributed by atoms with E-state index >= 15 is 0 Å². The van der Waals surface area contributed by atoms with E-state index in [-0.39, 0.29) is 28.4 Å². The molecular weight excluding hydrogens is 482 g/mol. The lowest BCUT2D eigenvalue weighted by Gasteiger charge is -2.24. The molecule has 1 saturated carbocycles. The molecule has 1 heterocycles. The number of aliphatic hydroxyl groups excluding tert-OH is 2. The van der Waals surface area contributed by atoms with Crippen LogP contribution in [0.1, 0.15) is 24.0 Å². The number of aliphatic hydroxyl groups is 2. The topological polar surface area (TPSA) is 161 Å². The number of benzene rings is 2. The average Bonchev–Trinajstić information content (AvgIpc) is 3.34. The van der Waals surface area contributed by atoms with E-state index in [1.54, 1.807) is 24.3 Å². The molecule has 11 heteroatoms. The summed E-state index contributed by atoms with van der Waals surface area (Å²) in [5, 5.41) is 21.7. The number of aryl methyl sites for hydroxylation is 2. The third-order valence-corrected chi connectivity index (χ3v) is 7.91. The summed E-state index contributed by atoms with van der Waals surface area (Å²) in [5.74, 6) is 1.40. The van der Waals surface area contributed by atoms with Crippen LogP contribution in [0.4, 0.5) is 0 Å². The fourth-order valence-corrected chi connectivity index (χ4v) is 5.15. The van der Waals surface area contributed by atoms with Crippen LogP contribution in [0.15, 0.2) is 58.3 Å². The predicted octanol–water partition coefficient (Wildman–Crippen LogP) is 2.07. The molecule has 0 spiro atoms. The van der Waals surface area contributed by atoms with Gasteiger partial charge < -0.3 is 15.5 Å². The van der Waals surface area contributed by atoms with Gasteiger partial charge in [-0.05, 0) is 75.9 Å². The van der Waals surface area contributed by atoms with E-state index in [0.29, 0.717) is 11.8 Å². The van der Waals surface area contributed by atoms with Crippen LogP contribution in [0.25, 0.3) is 0 Å². The summed E-state index contributed by atoms with van der Waals surface area (Å²) in [6.07, 6.45) is 2.00. The Morgan fingerprint density at radius 1 is 0.735 bits per heavy atom. The molecular formula is C23H33NO8S2. The van der Waals surface area contributed by atoms with E-state index in [9.17, 15) is 27.0 Å². The van der Waals surface area contributed by atoms with Crippen molar-refractivity contribution in [1.82, 2.24) is 5.32 Å². The molecule has 2 unspecified atom stereocenters. The van der Waals surface area contributed by atoms with Gasteiger partial charge in [-0.2, -0.15) is 16.8 Å². The van der Waals surface area contributed by atoms with Gasteiger partial charge in [0, 0.05) is 5.41 Å². The smallest absolute Gasteiger partial charge is 0.294 e. The Morgan fingerprint density at radius 3 is 1.32 bits per heavy atom. The molecule has 4 rings (SSSR count). The molecule has 34 heavy (non-hydrogen) atoms. The lowest BCUT2D eigenvalue weighted by molar-refractivity contribution is 0.0537. The number of fused-ring (bicyclic) bond motifs is 1. The predicted molar refractivity (Wildman–Crippen MR) is 128 cm³/mol. The maximum atomic E-state index is 10.5. The molecule has 2 atom stereocenters. The maximum Gasteiger partial charge on any atom is 0.294 e. The Labute approximate surface area is 201 Å². The highest BCUT2D eigenvalue weighted by molar-refractivity contribution is 7.86. The number of rotatable bonds is 4. The monoisotopic (exact) mass is 515 g/mol. The molecule has 1 aliphatic heterocycles. The first kappa shape index (κ1) is 28.4. The summed E-state index contributed by atoms with van der Waals surface area (Å²) in [7, 11) is -8.04. The van der Waals surface area contributed by atoms with Crippen LogP contribution >= 0.6 is 0 Å². The van der Waals surface area contributed by atoms with E-state index in [1.807, 2.05) is 13.8 Å². The van der Waals surface area contributed by atoms with Crippen molar-refractivity contribution >= 4 is 20.2 Å². The summed E-state index contributed by atoms with van der Waals surface area (Å²) < 4.78 is 59.1. The van der Waals surface area contributed by atoms with Gasteiger partial charge in [0.2, 0.25) is 0 Å². The van der Waals surface area contributed by atoms with Crippen molar-refractivity contribution in [1.29, 1.82) is 0 Å². The van der Waals surface area contributed by atoms with E-state index in [2.05, 4.69) is 5.32 Å². The van der Waals surface area contributed by atoms with Crippen molar-refractivity contribution in [2.45, 2.75) is 36.5 Å². The van der Waals surface area contributed by atoms with Gasteiger partial charge >= 0.3 is 0 Å². The molecule has 0 aromatic heterocycles. The largest absolute Gasteiger partial charge is 0.396 e. The molecule has 1 aliphatic carbocycles. The molecule has 2 aliphatic rings. The van der Waals surface area contributed by atoms with Crippen LogP contribution in [-0.2, 0) is 20.2 Å². The van der Waals surface area contributed by atoms with Crippen molar-refractivity contribution in [3.63, 3.8) is 0 Å². The van der Waals surface area contributed by atoms with Gasteiger partial charge in [0.05, 0.1) is 23.0 Å². The maximum absolute atomic E-state index is 10.5.